The molecule has 8 nitrogen and oxygen atoms in total. The zero-order valence-corrected chi connectivity index (χ0v) is 21.2. The van der Waals surface area contributed by atoms with Gasteiger partial charge in [0.15, 0.2) is 5.70 Å². The third-order valence-corrected chi connectivity index (χ3v) is 6.82. The Balaban J connectivity index is 2.19. The van der Waals surface area contributed by atoms with Crippen molar-refractivity contribution < 1.29 is 32.2 Å². The molecular formula is C25H29BF2N4O4. The summed E-state index contributed by atoms with van der Waals surface area (Å²) < 4.78 is 45.1. The van der Waals surface area contributed by atoms with Crippen LogP contribution in [0.15, 0.2) is 35.0 Å². The van der Waals surface area contributed by atoms with Crippen LogP contribution in [-0.4, -0.2) is 46.8 Å². The van der Waals surface area contributed by atoms with E-state index in [9.17, 15) is 9.59 Å². The molecule has 1 aromatic heterocycles. The number of halogens is 2. The van der Waals surface area contributed by atoms with Gasteiger partial charge in [-0.1, -0.05) is 6.07 Å². The zero-order valence-electron chi connectivity index (χ0n) is 21.2. The summed E-state index contributed by atoms with van der Waals surface area (Å²) in [6, 6.07) is 4.89. The SMILES string of the molecule is CCOC(=O)C1=C(C)C2=C(c3ccc(N)c(N)c3)c3c(C)c(C(=O)OCC)c(C)n3[B-](F)(F)[N+]2=C1C. The predicted octanol–water partition coefficient (Wildman–Crippen LogP) is 3.81. The first-order valence-corrected chi connectivity index (χ1v) is 11.7. The van der Waals surface area contributed by atoms with Crippen LogP contribution in [0, 0.1) is 13.8 Å². The Hall–Kier alpha value is -3.89. The van der Waals surface area contributed by atoms with Crippen molar-refractivity contribution in [2.45, 2.75) is 41.5 Å². The Morgan fingerprint density at radius 1 is 1.00 bits per heavy atom. The monoisotopic (exact) mass is 498 g/mol. The van der Waals surface area contributed by atoms with E-state index in [4.69, 9.17) is 20.9 Å². The molecule has 3 heterocycles. The molecule has 0 saturated carbocycles. The van der Waals surface area contributed by atoms with Gasteiger partial charge in [-0.15, -0.1) is 0 Å². The van der Waals surface area contributed by atoms with Gasteiger partial charge < -0.3 is 38.5 Å². The summed E-state index contributed by atoms with van der Waals surface area (Å²) in [5.74, 6) is -1.36. The van der Waals surface area contributed by atoms with Crippen LogP contribution < -0.4 is 11.5 Å². The number of carbonyl (C=O) groups is 2. The second-order valence-electron chi connectivity index (χ2n) is 8.86. The maximum atomic E-state index is 16.5. The predicted molar refractivity (Wildman–Crippen MR) is 135 cm³/mol. The molecule has 0 unspecified atom stereocenters. The molecular weight excluding hydrogens is 469 g/mol. The van der Waals surface area contributed by atoms with Gasteiger partial charge in [-0.25, -0.2) is 9.59 Å². The minimum absolute atomic E-state index is 0.0703. The molecule has 0 amide bonds. The number of anilines is 2. The van der Waals surface area contributed by atoms with Crippen molar-refractivity contribution in [2.75, 3.05) is 24.7 Å². The van der Waals surface area contributed by atoms with Crippen molar-refractivity contribution in [3.8, 4) is 0 Å². The molecule has 0 saturated heterocycles. The van der Waals surface area contributed by atoms with E-state index in [1.54, 1.807) is 45.9 Å². The molecule has 190 valence electrons. The second-order valence-corrected chi connectivity index (χ2v) is 8.86. The van der Waals surface area contributed by atoms with E-state index in [0.717, 1.165) is 8.96 Å². The average molecular weight is 498 g/mol. The van der Waals surface area contributed by atoms with Crippen molar-refractivity contribution >= 4 is 41.6 Å². The molecule has 0 bridgehead atoms. The quantitative estimate of drug-likeness (QED) is 0.369. The summed E-state index contributed by atoms with van der Waals surface area (Å²) in [4.78, 5) is 25.7. The third-order valence-electron chi connectivity index (χ3n) is 6.82. The van der Waals surface area contributed by atoms with Gasteiger partial charge in [-0.05, 0) is 63.6 Å². The first-order chi connectivity index (χ1) is 16.9. The van der Waals surface area contributed by atoms with Crippen LogP contribution in [0.3, 0.4) is 0 Å². The van der Waals surface area contributed by atoms with Crippen LogP contribution in [-0.2, 0) is 14.3 Å². The van der Waals surface area contributed by atoms with Crippen molar-refractivity contribution in [3.63, 3.8) is 0 Å². The van der Waals surface area contributed by atoms with E-state index < -0.39 is 18.9 Å². The molecule has 4 N–H and O–H groups in total. The molecule has 0 radical (unpaired) electrons. The summed E-state index contributed by atoms with van der Waals surface area (Å²) >= 11 is 0. The lowest BCUT2D eigenvalue weighted by Gasteiger charge is -2.34. The van der Waals surface area contributed by atoms with Gasteiger partial charge in [0, 0.05) is 18.2 Å². The van der Waals surface area contributed by atoms with Crippen molar-refractivity contribution in [1.29, 1.82) is 0 Å². The normalized spacial score (nSPS) is 16.3. The number of hydrogen-bond donors (Lipinski definition) is 2. The highest BCUT2D eigenvalue weighted by molar-refractivity contribution is 6.59. The molecule has 0 aliphatic carbocycles. The van der Waals surface area contributed by atoms with Crippen molar-refractivity contribution in [2.24, 2.45) is 0 Å². The molecule has 2 aliphatic heterocycles. The lowest BCUT2D eigenvalue weighted by molar-refractivity contribution is -0.363. The first-order valence-electron chi connectivity index (χ1n) is 11.7. The highest BCUT2D eigenvalue weighted by Crippen LogP contribution is 2.47. The fraction of sp³-hybridized carbons (Fsp3) is 0.320. The topological polar surface area (TPSA) is 113 Å². The van der Waals surface area contributed by atoms with Gasteiger partial charge in [0.2, 0.25) is 0 Å². The Kier molecular flexibility index (Phi) is 6.06. The maximum Gasteiger partial charge on any atom is 0.737 e. The number of nitrogens with two attached hydrogens (primary N) is 2. The molecule has 0 fully saturated rings. The smallest absolute Gasteiger partial charge is 0.462 e. The Morgan fingerprint density at radius 2 is 1.61 bits per heavy atom. The molecule has 11 heteroatoms. The average Bonchev–Trinajstić information content (AvgIpc) is 3.22. The number of esters is 2. The van der Waals surface area contributed by atoms with Crippen LogP contribution in [0.2, 0.25) is 0 Å². The minimum Gasteiger partial charge on any atom is -0.462 e. The van der Waals surface area contributed by atoms with Gasteiger partial charge in [-0.3, -0.25) is 0 Å². The van der Waals surface area contributed by atoms with Crippen LogP contribution in [0.4, 0.5) is 20.0 Å². The number of nitrogens with zero attached hydrogens (tertiary/aromatic N) is 2. The van der Waals surface area contributed by atoms with Crippen LogP contribution >= 0.6 is 0 Å². The van der Waals surface area contributed by atoms with Crippen LogP contribution in [0.1, 0.15) is 60.6 Å². The van der Waals surface area contributed by atoms with Crippen LogP contribution in [0.5, 0.6) is 0 Å². The first kappa shape index (κ1) is 25.2. The number of fused-ring (bicyclic) bond motifs is 2. The summed E-state index contributed by atoms with van der Waals surface area (Å²) in [7, 11) is 0. The molecule has 0 spiro atoms. The summed E-state index contributed by atoms with van der Waals surface area (Å²) in [5, 5.41) is 0. The summed E-state index contributed by atoms with van der Waals surface area (Å²) in [5.41, 5.74) is 14.9. The Morgan fingerprint density at radius 3 is 2.19 bits per heavy atom. The zero-order chi connectivity index (χ0) is 26.7. The van der Waals surface area contributed by atoms with Crippen molar-refractivity contribution in [3.05, 3.63) is 63.1 Å². The number of hydrogen-bond acceptors (Lipinski definition) is 6. The second kappa shape index (κ2) is 8.65. The molecule has 4 rings (SSSR count). The van der Waals surface area contributed by atoms with E-state index in [1.165, 1.54) is 13.8 Å². The Labute approximate surface area is 207 Å². The number of carbonyl (C=O) groups excluding carboxylic acids is 2. The highest BCUT2D eigenvalue weighted by Gasteiger charge is 2.58. The molecule has 2 aliphatic rings. The third kappa shape index (κ3) is 3.36. The fourth-order valence-corrected chi connectivity index (χ4v) is 5.35. The molecule has 2 aromatic rings. The van der Waals surface area contributed by atoms with Crippen molar-refractivity contribution in [1.82, 2.24) is 4.48 Å². The number of rotatable bonds is 5. The molecule has 36 heavy (non-hydrogen) atoms. The van der Waals surface area contributed by atoms with Gasteiger partial charge in [-0.2, -0.15) is 0 Å². The maximum absolute atomic E-state index is 16.5. The Bertz CT molecular complexity index is 1440. The molecule has 0 atom stereocenters. The lowest BCUT2D eigenvalue weighted by atomic mass is 9.83. The van der Waals surface area contributed by atoms with E-state index in [2.05, 4.69) is 0 Å². The number of allylic oxidation sites excluding steroid dienone is 1. The van der Waals surface area contributed by atoms with E-state index in [0.29, 0.717) is 28.0 Å². The van der Waals surface area contributed by atoms with Gasteiger partial charge in [0.05, 0.1) is 35.7 Å². The number of benzene rings is 1. The van der Waals surface area contributed by atoms with Gasteiger partial charge in [0.1, 0.15) is 11.3 Å². The van der Waals surface area contributed by atoms with E-state index in [-0.39, 0.29) is 52.8 Å². The number of nitrogen functional groups attached to an aromatic ring is 2. The summed E-state index contributed by atoms with van der Waals surface area (Å²) in [6.45, 7) is 5.19. The summed E-state index contributed by atoms with van der Waals surface area (Å²) in [6.07, 6.45) is 0. The van der Waals surface area contributed by atoms with Gasteiger partial charge >= 0.3 is 18.9 Å². The highest BCUT2D eigenvalue weighted by atomic mass is 19.2. The number of ether oxygens (including phenoxy) is 2. The largest absolute Gasteiger partial charge is 0.737 e. The van der Waals surface area contributed by atoms with E-state index in [1.807, 2.05) is 0 Å². The lowest BCUT2D eigenvalue weighted by Crippen LogP contribution is -2.51. The number of aromatic nitrogens is 1. The minimum atomic E-state index is -4.50. The van der Waals surface area contributed by atoms with E-state index >= 15 is 8.63 Å². The van der Waals surface area contributed by atoms with Gasteiger partial charge in [0.25, 0.3) is 0 Å². The van der Waals surface area contributed by atoms with Crippen LogP contribution in [0.25, 0.3) is 5.57 Å². The fourth-order valence-electron chi connectivity index (χ4n) is 5.35. The molecule has 1 aromatic carbocycles. The standard InChI is InChI=1S/C25H29BF2N4O4/c1-7-35-24(33)19-12(3)22-21(16-9-10-17(29)18(30)11-16)23-13(4)20(25(34)36-8-2)15(6)32(23)26(27,28)31(22)14(19)5/h9-11H,7-8,29-30H2,1-6H3.